The van der Waals surface area contributed by atoms with Crippen LogP contribution in [0.3, 0.4) is 0 Å². The Morgan fingerprint density at radius 3 is 2.60 bits per heavy atom. The Bertz CT molecular complexity index is 312. The fourth-order valence-corrected chi connectivity index (χ4v) is 1.56. The normalized spacial score (nSPS) is 12.5. The summed E-state index contributed by atoms with van der Waals surface area (Å²) in [4.78, 5) is 0. The second-order valence-electron chi connectivity index (χ2n) is 3.64. The van der Waals surface area contributed by atoms with E-state index in [-0.39, 0.29) is 11.7 Å². The first-order valence-corrected chi connectivity index (χ1v) is 5.39. The Kier molecular flexibility index (Phi) is 4.53. The van der Waals surface area contributed by atoms with Crippen LogP contribution in [0.1, 0.15) is 33.1 Å². The van der Waals surface area contributed by atoms with Gasteiger partial charge in [0.2, 0.25) is 0 Å². The molecule has 1 N–H and O–H groups in total. The van der Waals surface area contributed by atoms with Gasteiger partial charge in [0.25, 0.3) is 0 Å². The zero-order valence-electron chi connectivity index (χ0n) is 9.19. The van der Waals surface area contributed by atoms with Gasteiger partial charge in [0.1, 0.15) is 0 Å². The highest BCUT2D eigenvalue weighted by molar-refractivity contribution is 5.45. The van der Waals surface area contributed by atoms with Crippen molar-refractivity contribution in [1.29, 1.82) is 0 Å². The average Bonchev–Trinajstić information content (AvgIpc) is 2.24. The van der Waals surface area contributed by atoms with Crippen LogP contribution < -0.4 is 5.32 Å². The maximum absolute atomic E-state index is 13.3. The lowest BCUT2D eigenvalue weighted by atomic mass is 10.1. The highest BCUT2D eigenvalue weighted by Gasteiger charge is 2.10. The third-order valence-electron chi connectivity index (χ3n) is 2.44. The Balaban J connectivity index is 2.74. The van der Waals surface area contributed by atoms with E-state index in [1.807, 2.05) is 6.92 Å². The number of benzene rings is 1. The second kappa shape index (κ2) is 5.69. The highest BCUT2D eigenvalue weighted by Crippen LogP contribution is 2.19. The summed E-state index contributed by atoms with van der Waals surface area (Å²) in [6.45, 7) is 4.11. The summed E-state index contributed by atoms with van der Waals surface area (Å²) in [5.74, 6) is -1.58. The zero-order chi connectivity index (χ0) is 11.3. The van der Waals surface area contributed by atoms with Crippen LogP contribution in [-0.2, 0) is 0 Å². The quantitative estimate of drug-likeness (QED) is 0.780. The van der Waals surface area contributed by atoms with Crippen molar-refractivity contribution in [3.05, 3.63) is 29.8 Å². The van der Waals surface area contributed by atoms with Gasteiger partial charge in [-0.2, -0.15) is 0 Å². The van der Waals surface area contributed by atoms with E-state index in [1.165, 1.54) is 6.07 Å². The Labute approximate surface area is 89.5 Å². The molecule has 1 atom stereocenters. The highest BCUT2D eigenvalue weighted by atomic mass is 19.2. The molecule has 1 aromatic carbocycles. The first-order valence-electron chi connectivity index (χ1n) is 5.39. The molecule has 1 rings (SSSR count). The molecule has 0 aliphatic carbocycles. The molecule has 0 aliphatic rings. The molecule has 0 aliphatic heterocycles. The summed E-state index contributed by atoms with van der Waals surface area (Å²) in [6, 6.07) is 4.42. The number of halogens is 2. The van der Waals surface area contributed by atoms with Crippen LogP contribution in [0.25, 0.3) is 0 Å². The van der Waals surface area contributed by atoms with Crippen molar-refractivity contribution in [2.75, 3.05) is 5.32 Å². The van der Waals surface area contributed by atoms with Crippen molar-refractivity contribution < 1.29 is 8.78 Å². The van der Waals surface area contributed by atoms with Gasteiger partial charge in [0, 0.05) is 6.04 Å². The van der Waals surface area contributed by atoms with E-state index >= 15 is 0 Å². The number of hydrogen-bond donors (Lipinski definition) is 1. The summed E-state index contributed by atoms with van der Waals surface area (Å²) in [5.41, 5.74) is 0.260. The SMILES string of the molecule is CCCC(CC)Nc1cccc(F)c1F. The van der Waals surface area contributed by atoms with Crippen molar-refractivity contribution in [3.8, 4) is 0 Å². The average molecular weight is 213 g/mol. The Hall–Kier alpha value is -1.12. The van der Waals surface area contributed by atoms with Gasteiger partial charge in [-0.1, -0.05) is 26.3 Å². The minimum Gasteiger partial charge on any atom is -0.380 e. The molecular weight excluding hydrogens is 196 g/mol. The third-order valence-corrected chi connectivity index (χ3v) is 2.44. The van der Waals surface area contributed by atoms with Gasteiger partial charge in [0.15, 0.2) is 11.6 Å². The molecule has 84 valence electrons. The van der Waals surface area contributed by atoms with E-state index in [0.29, 0.717) is 0 Å². The number of anilines is 1. The minimum absolute atomic E-state index is 0.214. The lowest BCUT2D eigenvalue weighted by Gasteiger charge is -2.17. The van der Waals surface area contributed by atoms with Crippen LogP contribution in [0, 0.1) is 11.6 Å². The molecule has 1 unspecified atom stereocenters. The predicted molar refractivity (Wildman–Crippen MR) is 59.0 cm³/mol. The third kappa shape index (κ3) is 3.18. The van der Waals surface area contributed by atoms with E-state index in [9.17, 15) is 8.78 Å². The van der Waals surface area contributed by atoms with Crippen LogP contribution in [0.4, 0.5) is 14.5 Å². The lowest BCUT2D eigenvalue weighted by Crippen LogP contribution is -2.19. The molecule has 0 spiro atoms. The van der Waals surface area contributed by atoms with Gasteiger partial charge in [-0.25, -0.2) is 8.78 Å². The van der Waals surface area contributed by atoms with Gasteiger partial charge in [0.05, 0.1) is 5.69 Å². The van der Waals surface area contributed by atoms with E-state index in [0.717, 1.165) is 25.3 Å². The molecule has 0 aromatic heterocycles. The number of rotatable bonds is 5. The van der Waals surface area contributed by atoms with Gasteiger partial charge in [-0.15, -0.1) is 0 Å². The van der Waals surface area contributed by atoms with E-state index in [1.54, 1.807) is 6.07 Å². The van der Waals surface area contributed by atoms with Crippen LogP contribution in [-0.4, -0.2) is 6.04 Å². The molecule has 1 aromatic rings. The van der Waals surface area contributed by atoms with Crippen molar-refractivity contribution in [3.63, 3.8) is 0 Å². The predicted octanol–water partition coefficient (Wildman–Crippen LogP) is 3.96. The molecule has 0 bridgehead atoms. The molecular formula is C12H17F2N. The molecule has 0 saturated carbocycles. The van der Waals surface area contributed by atoms with Gasteiger partial charge < -0.3 is 5.32 Å². The van der Waals surface area contributed by atoms with Crippen molar-refractivity contribution in [1.82, 2.24) is 0 Å². The molecule has 0 fully saturated rings. The molecule has 1 nitrogen and oxygen atoms in total. The fourth-order valence-electron chi connectivity index (χ4n) is 1.56. The maximum atomic E-state index is 13.3. The molecule has 3 heteroatoms. The van der Waals surface area contributed by atoms with Crippen molar-refractivity contribution >= 4 is 5.69 Å². The molecule has 0 radical (unpaired) electrons. The zero-order valence-corrected chi connectivity index (χ0v) is 9.19. The van der Waals surface area contributed by atoms with Crippen LogP contribution in [0.2, 0.25) is 0 Å². The van der Waals surface area contributed by atoms with Crippen LogP contribution in [0.5, 0.6) is 0 Å². The molecule has 0 heterocycles. The fraction of sp³-hybridized carbons (Fsp3) is 0.500. The summed E-state index contributed by atoms with van der Waals surface area (Å²) >= 11 is 0. The molecule has 15 heavy (non-hydrogen) atoms. The number of hydrogen-bond acceptors (Lipinski definition) is 1. The summed E-state index contributed by atoms with van der Waals surface area (Å²) in [5, 5.41) is 3.02. The summed E-state index contributed by atoms with van der Waals surface area (Å²) < 4.78 is 26.2. The standard InChI is InChI=1S/C12H17F2N/c1-3-6-9(4-2)15-11-8-5-7-10(13)12(11)14/h5,7-9,15H,3-4,6H2,1-2H3. The molecule has 0 saturated heterocycles. The summed E-state index contributed by atoms with van der Waals surface area (Å²) in [7, 11) is 0. The van der Waals surface area contributed by atoms with Crippen molar-refractivity contribution in [2.24, 2.45) is 0 Å². The van der Waals surface area contributed by atoms with Crippen LogP contribution >= 0.6 is 0 Å². The lowest BCUT2D eigenvalue weighted by molar-refractivity contribution is 0.507. The second-order valence-corrected chi connectivity index (χ2v) is 3.64. The summed E-state index contributed by atoms with van der Waals surface area (Å²) in [6.07, 6.45) is 2.90. The molecule has 0 amide bonds. The van der Waals surface area contributed by atoms with Gasteiger partial charge in [-0.3, -0.25) is 0 Å². The van der Waals surface area contributed by atoms with Crippen molar-refractivity contribution in [2.45, 2.75) is 39.2 Å². The topological polar surface area (TPSA) is 12.0 Å². The minimum atomic E-state index is -0.800. The van der Waals surface area contributed by atoms with Gasteiger partial charge in [-0.05, 0) is 25.0 Å². The van der Waals surface area contributed by atoms with E-state index in [2.05, 4.69) is 12.2 Å². The Morgan fingerprint density at radius 1 is 1.27 bits per heavy atom. The smallest absolute Gasteiger partial charge is 0.181 e. The largest absolute Gasteiger partial charge is 0.380 e. The van der Waals surface area contributed by atoms with E-state index < -0.39 is 11.6 Å². The van der Waals surface area contributed by atoms with Gasteiger partial charge >= 0.3 is 0 Å². The number of nitrogens with one attached hydrogen (secondary N) is 1. The Morgan fingerprint density at radius 2 is 2.00 bits per heavy atom. The first-order chi connectivity index (χ1) is 7.19. The van der Waals surface area contributed by atoms with Crippen LogP contribution in [0.15, 0.2) is 18.2 Å². The van der Waals surface area contributed by atoms with E-state index in [4.69, 9.17) is 0 Å². The maximum Gasteiger partial charge on any atom is 0.181 e. The monoisotopic (exact) mass is 213 g/mol. The first kappa shape index (κ1) is 12.0.